The zero-order chi connectivity index (χ0) is 19.6. The summed E-state index contributed by atoms with van der Waals surface area (Å²) in [6, 6.07) is 12.4. The molecule has 0 amide bonds. The van der Waals surface area contributed by atoms with Gasteiger partial charge in [-0.1, -0.05) is 12.1 Å². The standard InChI is InChI=1S/C19H16FN3O3S2/c20-15-3-7-17(8-4-15)26-10-12-28(24,25)22-16-5-1-14(2-6-16)18-13-23-9-11-27-19(23)21-18/h1-9,11,13,22H,10,12H2. The van der Waals surface area contributed by atoms with Gasteiger partial charge in [-0.05, 0) is 36.4 Å². The third kappa shape index (κ3) is 4.32. The Balaban J connectivity index is 1.36. The second-order valence-electron chi connectivity index (χ2n) is 6.02. The van der Waals surface area contributed by atoms with Crippen LogP contribution >= 0.6 is 11.3 Å². The number of rotatable bonds is 7. The number of thiazole rings is 1. The monoisotopic (exact) mass is 417 g/mol. The molecule has 0 unspecified atom stereocenters. The summed E-state index contributed by atoms with van der Waals surface area (Å²) in [6.07, 6.45) is 3.87. The lowest BCUT2D eigenvalue weighted by Gasteiger charge is -2.10. The number of halogens is 1. The van der Waals surface area contributed by atoms with Crippen molar-refractivity contribution >= 4 is 32.0 Å². The Bertz CT molecular complexity index is 1150. The first-order valence-corrected chi connectivity index (χ1v) is 10.9. The molecule has 0 aliphatic rings. The number of anilines is 1. The van der Waals surface area contributed by atoms with Crippen LogP contribution in [0.5, 0.6) is 5.75 Å². The molecule has 2 aromatic carbocycles. The number of sulfonamides is 1. The average molecular weight is 417 g/mol. The Morgan fingerprint density at radius 3 is 2.57 bits per heavy atom. The maximum Gasteiger partial charge on any atom is 0.236 e. The van der Waals surface area contributed by atoms with E-state index in [1.807, 2.05) is 34.3 Å². The van der Waals surface area contributed by atoms with Crippen molar-refractivity contribution in [2.75, 3.05) is 17.1 Å². The fourth-order valence-electron chi connectivity index (χ4n) is 2.61. The second-order valence-corrected chi connectivity index (χ2v) is 8.73. The van der Waals surface area contributed by atoms with Crippen molar-refractivity contribution in [2.24, 2.45) is 0 Å². The topological polar surface area (TPSA) is 72.7 Å². The van der Waals surface area contributed by atoms with Crippen LogP contribution in [0.3, 0.4) is 0 Å². The molecule has 1 N–H and O–H groups in total. The quantitative estimate of drug-likeness (QED) is 0.493. The van der Waals surface area contributed by atoms with Crippen LogP contribution in [0, 0.1) is 5.82 Å². The molecular formula is C19H16FN3O3S2. The highest BCUT2D eigenvalue weighted by atomic mass is 32.2. The van der Waals surface area contributed by atoms with Gasteiger partial charge in [-0.2, -0.15) is 0 Å². The summed E-state index contributed by atoms with van der Waals surface area (Å²) in [5.41, 5.74) is 2.19. The first-order valence-electron chi connectivity index (χ1n) is 8.40. The number of hydrogen-bond acceptors (Lipinski definition) is 5. The lowest BCUT2D eigenvalue weighted by molar-refractivity contribution is 0.340. The Morgan fingerprint density at radius 2 is 1.86 bits per heavy atom. The summed E-state index contributed by atoms with van der Waals surface area (Å²) in [4.78, 5) is 5.43. The molecule has 4 aromatic rings. The number of fused-ring (bicyclic) bond motifs is 1. The lowest BCUT2D eigenvalue weighted by atomic mass is 10.1. The fraction of sp³-hybridized carbons (Fsp3) is 0.105. The zero-order valence-electron chi connectivity index (χ0n) is 14.6. The molecule has 0 fully saturated rings. The fourth-order valence-corrected chi connectivity index (χ4v) is 4.21. The molecule has 9 heteroatoms. The van der Waals surface area contributed by atoms with Crippen molar-refractivity contribution in [2.45, 2.75) is 0 Å². The molecule has 144 valence electrons. The summed E-state index contributed by atoms with van der Waals surface area (Å²) < 4.78 is 47.1. The minimum Gasteiger partial charge on any atom is -0.492 e. The van der Waals surface area contributed by atoms with Crippen molar-refractivity contribution in [1.29, 1.82) is 0 Å². The summed E-state index contributed by atoms with van der Waals surface area (Å²) in [5, 5.41) is 1.96. The smallest absolute Gasteiger partial charge is 0.236 e. The first kappa shape index (κ1) is 18.5. The zero-order valence-corrected chi connectivity index (χ0v) is 16.2. The van der Waals surface area contributed by atoms with Gasteiger partial charge in [-0.3, -0.25) is 9.12 Å². The van der Waals surface area contributed by atoms with E-state index in [9.17, 15) is 12.8 Å². The van der Waals surface area contributed by atoms with Gasteiger partial charge in [0.15, 0.2) is 4.96 Å². The highest BCUT2D eigenvalue weighted by Gasteiger charge is 2.12. The van der Waals surface area contributed by atoms with Gasteiger partial charge in [-0.25, -0.2) is 17.8 Å². The van der Waals surface area contributed by atoms with Gasteiger partial charge in [0.2, 0.25) is 10.0 Å². The van der Waals surface area contributed by atoms with Crippen LogP contribution in [0.15, 0.2) is 66.3 Å². The third-order valence-corrected chi connectivity index (χ3v) is 6.00. The Morgan fingerprint density at radius 1 is 1.11 bits per heavy atom. The maximum absolute atomic E-state index is 12.8. The van der Waals surface area contributed by atoms with E-state index in [1.54, 1.807) is 23.5 Å². The second kappa shape index (κ2) is 7.61. The molecule has 0 atom stereocenters. The van der Waals surface area contributed by atoms with Gasteiger partial charge in [0.05, 0.1) is 5.69 Å². The minimum atomic E-state index is -3.57. The molecule has 0 radical (unpaired) electrons. The number of hydrogen-bond donors (Lipinski definition) is 1. The van der Waals surface area contributed by atoms with Crippen molar-refractivity contribution in [3.63, 3.8) is 0 Å². The van der Waals surface area contributed by atoms with Crippen molar-refractivity contribution in [3.8, 4) is 17.0 Å². The lowest BCUT2D eigenvalue weighted by Crippen LogP contribution is -2.21. The normalized spacial score (nSPS) is 11.6. The van der Waals surface area contributed by atoms with Gasteiger partial charge in [0.1, 0.15) is 23.9 Å². The number of benzene rings is 2. The molecule has 6 nitrogen and oxygen atoms in total. The van der Waals surface area contributed by atoms with E-state index in [0.29, 0.717) is 11.4 Å². The van der Waals surface area contributed by atoms with Gasteiger partial charge in [0.25, 0.3) is 0 Å². The highest BCUT2D eigenvalue weighted by Crippen LogP contribution is 2.23. The molecule has 28 heavy (non-hydrogen) atoms. The predicted octanol–water partition coefficient (Wildman–Crippen LogP) is 4.02. The van der Waals surface area contributed by atoms with Crippen molar-refractivity contribution in [3.05, 3.63) is 72.1 Å². The summed E-state index contributed by atoms with van der Waals surface area (Å²) in [6.45, 7) is -0.0373. The van der Waals surface area contributed by atoms with E-state index in [2.05, 4.69) is 9.71 Å². The van der Waals surface area contributed by atoms with Gasteiger partial charge >= 0.3 is 0 Å². The van der Waals surface area contributed by atoms with E-state index < -0.39 is 10.0 Å². The average Bonchev–Trinajstić information content (AvgIpc) is 3.26. The summed E-state index contributed by atoms with van der Waals surface area (Å²) in [7, 11) is -3.57. The molecule has 0 aliphatic heterocycles. The highest BCUT2D eigenvalue weighted by molar-refractivity contribution is 7.92. The van der Waals surface area contributed by atoms with E-state index in [1.165, 1.54) is 24.3 Å². The van der Waals surface area contributed by atoms with Crippen LogP contribution < -0.4 is 9.46 Å². The van der Waals surface area contributed by atoms with E-state index in [-0.39, 0.29) is 18.2 Å². The maximum atomic E-state index is 12.8. The molecule has 0 spiro atoms. The third-order valence-electron chi connectivity index (χ3n) is 3.98. The van der Waals surface area contributed by atoms with E-state index >= 15 is 0 Å². The predicted molar refractivity (Wildman–Crippen MR) is 108 cm³/mol. The Hall–Kier alpha value is -2.91. The summed E-state index contributed by atoms with van der Waals surface area (Å²) >= 11 is 1.55. The van der Waals surface area contributed by atoms with E-state index in [4.69, 9.17) is 4.74 Å². The molecule has 0 saturated carbocycles. The molecule has 0 bridgehead atoms. The van der Waals surface area contributed by atoms with Crippen LogP contribution in [0.1, 0.15) is 0 Å². The molecule has 0 aliphatic carbocycles. The Labute approximate surface area is 165 Å². The van der Waals surface area contributed by atoms with Crippen LogP contribution in [0.25, 0.3) is 16.2 Å². The molecular weight excluding hydrogens is 401 g/mol. The van der Waals surface area contributed by atoms with Gasteiger partial charge < -0.3 is 4.74 Å². The van der Waals surface area contributed by atoms with E-state index in [0.717, 1.165) is 16.2 Å². The van der Waals surface area contributed by atoms with Crippen LogP contribution in [0.4, 0.5) is 10.1 Å². The number of aromatic nitrogens is 2. The Kier molecular flexibility index (Phi) is 5.01. The SMILES string of the molecule is O=S(=O)(CCOc1ccc(F)cc1)Nc1ccc(-c2cn3ccsc3n2)cc1. The van der Waals surface area contributed by atoms with Gasteiger partial charge in [0, 0.05) is 29.0 Å². The van der Waals surface area contributed by atoms with Crippen LogP contribution in [-0.2, 0) is 10.0 Å². The molecule has 2 aromatic heterocycles. The molecule has 0 saturated heterocycles. The number of nitrogens with zero attached hydrogens (tertiary/aromatic N) is 2. The number of ether oxygens (including phenoxy) is 1. The largest absolute Gasteiger partial charge is 0.492 e. The molecule has 4 rings (SSSR count). The number of nitrogens with one attached hydrogen (secondary N) is 1. The van der Waals surface area contributed by atoms with Crippen LogP contribution in [0.2, 0.25) is 0 Å². The van der Waals surface area contributed by atoms with Crippen molar-refractivity contribution in [1.82, 2.24) is 9.38 Å². The van der Waals surface area contributed by atoms with Crippen LogP contribution in [-0.4, -0.2) is 30.2 Å². The van der Waals surface area contributed by atoms with Crippen molar-refractivity contribution < 1.29 is 17.5 Å². The molecule has 2 heterocycles. The summed E-state index contributed by atoms with van der Waals surface area (Å²) in [5.74, 6) is -0.176. The first-order chi connectivity index (χ1) is 13.5. The minimum absolute atomic E-state index is 0.0373. The van der Waals surface area contributed by atoms with Gasteiger partial charge in [-0.15, -0.1) is 11.3 Å². The number of imidazole rings is 1.